The molecular weight excluding hydrogens is 237 g/mol. The first-order valence-electron chi connectivity index (χ1n) is 7.05. The molecular formula is C14H30NNaO2. The second-order valence-corrected chi connectivity index (χ2v) is 4.85. The van der Waals surface area contributed by atoms with Crippen LogP contribution in [0, 0.1) is 0 Å². The molecule has 0 bridgehead atoms. The van der Waals surface area contributed by atoms with Crippen molar-refractivity contribution in [3.8, 4) is 0 Å². The number of unbranched alkanes of at least 4 members (excludes halogenated alkanes) is 8. The Morgan fingerprint density at radius 3 is 1.78 bits per heavy atom. The molecule has 4 heteroatoms. The van der Waals surface area contributed by atoms with Crippen LogP contribution in [-0.4, -0.2) is 54.7 Å². The normalized spacial score (nSPS) is 10.2. The SMILES string of the molecule is CCCCCCCCCCCC(=O)ON(C)C.[NaH]. The fourth-order valence-electron chi connectivity index (χ4n) is 1.83. The Balaban J connectivity index is 0. The zero-order valence-electron chi connectivity index (χ0n) is 11.8. The molecule has 0 radical (unpaired) electrons. The predicted octanol–water partition coefficient (Wildman–Crippen LogP) is 3.28. The van der Waals surface area contributed by atoms with Crippen molar-refractivity contribution in [3.63, 3.8) is 0 Å². The molecule has 0 fully saturated rings. The van der Waals surface area contributed by atoms with Crippen LogP contribution in [0.4, 0.5) is 0 Å². The Morgan fingerprint density at radius 2 is 1.33 bits per heavy atom. The number of rotatable bonds is 11. The van der Waals surface area contributed by atoms with Gasteiger partial charge in [-0.1, -0.05) is 58.3 Å². The van der Waals surface area contributed by atoms with Gasteiger partial charge >= 0.3 is 35.5 Å². The van der Waals surface area contributed by atoms with E-state index < -0.39 is 0 Å². The molecule has 0 amide bonds. The van der Waals surface area contributed by atoms with E-state index in [1.54, 1.807) is 14.1 Å². The number of hydroxylamine groups is 2. The Labute approximate surface area is 135 Å². The molecule has 0 aromatic heterocycles. The first kappa shape index (κ1) is 20.7. The molecule has 18 heavy (non-hydrogen) atoms. The van der Waals surface area contributed by atoms with Crippen LogP contribution in [0.15, 0.2) is 0 Å². The van der Waals surface area contributed by atoms with Gasteiger partial charge in [-0.15, -0.1) is 5.06 Å². The Kier molecular flexibility index (Phi) is 17.8. The van der Waals surface area contributed by atoms with Gasteiger partial charge in [0.1, 0.15) is 0 Å². The van der Waals surface area contributed by atoms with E-state index in [1.807, 2.05) is 0 Å². The minimum absolute atomic E-state index is 0. The van der Waals surface area contributed by atoms with Gasteiger partial charge < -0.3 is 4.84 Å². The van der Waals surface area contributed by atoms with Crippen LogP contribution in [0.25, 0.3) is 0 Å². The summed E-state index contributed by atoms with van der Waals surface area (Å²) >= 11 is 0. The molecule has 3 nitrogen and oxygen atoms in total. The average Bonchev–Trinajstić information content (AvgIpc) is 2.26. The van der Waals surface area contributed by atoms with Crippen LogP contribution in [0.5, 0.6) is 0 Å². The van der Waals surface area contributed by atoms with Crippen LogP contribution < -0.4 is 0 Å². The summed E-state index contributed by atoms with van der Waals surface area (Å²) in [6.07, 6.45) is 12.0. The van der Waals surface area contributed by atoms with Crippen molar-refractivity contribution in [2.75, 3.05) is 14.1 Å². The fourth-order valence-corrected chi connectivity index (χ4v) is 1.83. The van der Waals surface area contributed by atoms with Crippen molar-refractivity contribution in [1.82, 2.24) is 5.06 Å². The van der Waals surface area contributed by atoms with Crippen LogP contribution in [0.3, 0.4) is 0 Å². The summed E-state index contributed by atoms with van der Waals surface area (Å²) in [4.78, 5) is 16.1. The van der Waals surface area contributed by atoms with E-state index >= 15 is 0 Å². The molecule has 104 valence electrons. The molecule has 0 saturated carbocycles. The summed E-state index contributed by atoms with van der Waals surface area (Å²) in [6, 6.07) is 0. The van der Waals surface area contributed by atoms with Gasteiger partial charge in [0.25, 0.3) is 0 Å². The standard InChI is InChI=1S/C14H29NO2.Na.H/c1-4-5-6-7-8-9-10-11-12-13-14(16)17-15(2)3;;/h4-13H2,1-3H3;;. The molecule has 0 spiro atoms. The van der Waals surface area contributed by atoms with Crippen molar-refractivity contribution in [2.24, 2.45) is 0 Å². The molecule has 0 aromatic carbocycles. The third kappa shape index (κ3) is 16.4. The minimum atomic E-state index is -0.113. The quantitative estimate of drug-likeness (QED) is 0.327. The Hall–Kier alpha value is 0.430. The second-order valence-electron chi connectivity index (χ2n) is 4.85. The molecule has 0 rings (SSSR count). The Morgan fingerprint density at radius 1 is 0.889 bits per heavy atom. The predicted molar refractivity (Wildman–Crippen MR) is 78.8 cm³/mol. The topological polar surface area (TPSA) is 29.5 Å². The number of nitrogens with zero attached hydrogens (tertiary/aromatic N) is 1. The van der Waals surface area contributed by atoms with Gasteiger partial charge in [0, 0.05) is 20.5 Å². The molecule has 0 N–H and O–H groups in total. The van der Waals surface area contributed by atoms with Crippen molar-refractivity contribution < 1.29 is 9.63 Å². The summed E-state index contributed by atoms with van der Waals surface area (Å²) in [5, 5.41) is 1.45. The maximum absolute atomic E-state index is 11.2. The fraction of sp³-hybridized carbons (Fsp3) is 0.929. The molecule has 0 aromatic rings. The molecule has 0 aliphatic rings. The van der Waals surface area contributed by atoms with Gasteiger partial charge in [0.15, 0.2) is 0 Å². The van der Waals surface area contributed by atoms with Crippen LogP contribution in [0.2, 0.25) is 0 Å². The molecule has 0 atom stereocenters. The second kappa shape index (κ2) is 15.5. The van der Waals surface area contributed by atoms with Gasteiger partial charge in [0.2, 0.25) is 0 Å². The van der Waals surface area contributed by atoms with Gasteiger partial charge in [0.05, 0.1) is 0 Å². The number of hydrogen-bond acceptors (Lipinski definition) is 3. The monoisotopic (exact) mass is 267 g/mol. The summed E-state index contributed by atoms with van der Waals surface area (Å²) < 4.78 is 0. The summed E-state index contributed by atoms with van der Waals surface area (Å²) in [5.74, 6) is -0.113. The molecule has 0 heterocycles. The van der Waals surface area contributed by atoms with Gasteiger partial charge in [-0.2, -0.15) is 0 Å². The van der Waals surface area contributed by atoms with E-state index in [0.717, 1.165) is 12.8 Å². The van der Waals surface area contributed by atoms with Crippen molar-refractivity contribution in [3.05, 3.63) is 0 Å². The zero-order valence-corrected chi connectivity index (χ0v) is 11.8. The van der Waals surface area contributed by atoms with Crippen molar-refractivity contribution in [2.45, 2.75) is 71.1 Å². The third-order valence-electron chi connectivity index (χ3n) is 2.77. The molecule has 0 aliphatic heterocycles. The van der Waals surface area contributed by atoms with Crippen LogP contribution >= 0.6 is 0 Å². The third-order valence-corrected chi connectivity index (χ3v) is 2.77. The average molecular weight is 267 g/mol. The van der Waals surface area contributed by atoms with E-state index in [-0.39, 0.29) is 35.5 Å². The van der Waals surface area contributed by atoms with E-state index in [1.165, 1.54) is 50.0 Å². The number of carbonyl (C=O) groups is 1. The first-order valence-corrected chi connectivity index (χ1v) is 7.05. The first-order chi connectivity index (χ1) is 8.16. The van der Waals surface area contributed by atoms with E-state index in [4.69, 9.17) is 4.84 Å². The number of carbonyl (C=O) groups excluding carboxylic acids is 1. The molecule has 0 aliphatic carbocycles. The summed E-state index contributed by atoms with van der Waals surface area (Å²) in [6.45, 7) is 2.24. The van der Waals surface area contributed by atoms with E-state index in [9.17, 15) is 4.79 Å². The summed E-state index contributed by atoms with van der Waals surface area (Å²) in [7, 11) is 3.46. The molecule has 0 unspecified atom stereocenters. The maximum atomic E-state index is 11.2. The number of hydrogen-bond donors (Lipinski definition) is 0. The van der Waals surface area contributed by atoms with Crippen molar-refractivity contribution >= 4 is 35.5 Å². The van der Waals surface area contributed by atoms with E-state index in [2.05, 4.69) is 6.92 Å². The van der Waals surface area contributed by atoms with Crippen molar-refractivity contribution in [1.29, 1.82) is 0 Å². The van der Waals surface area contributed by atoms with Gasteiger partial charge in [-0.25, -0.2) is 0 Å². The van der Waals surface area contributed by atoms with Gasteiger partial charge in [-0.3, -0.25) is 4.79 Å². The summed E-state index contributed by atoms with van der Waals surface area (Å²) in [5.41, 5.74) is 0. The van der Waals surface area contributed by atoms with Crippen LogP contribution in [0.1, 0.15) is 71.1 Å². The van der Waals surface area contributed by atoms with E-state index in [0.29, 0.717) is 6.42 Å². The van der Waals surface area contributed by atoms with Gasteiger partial charge in [-0.05, 0) is 6.42 Å². The Bertz CT molecular complexity index is 187. The zero-order chi connectivity index (χ0) is 12.9. The molecule has 0 saturated heterocycles. The van der Waals surface area contributed by atoms with Crippen LogP contribution in [-0.2, 0) is 9.63 Å².